The molecule has 0 aliphatic rings. The molecule has 1 aromatic carbocycles. The number of aromatic nitrogens is 3. The molecule has 0 fully saturated rings. The lowest BCUT2D eigenvalue weighted by Gasteiger charge is -2.19. The van der Waals surface area contributed by atoms with E-state index < -0.39 is 0 Å². The van der Waals surface area contributed by atoms with E-state index >= 15 is 0 Å². The maximum absolute atomic E-state index is 12.1. The molecule has 0 bridgehead atoms. The van der Waals surface area contributed by atoms with E-state index in [0.29, 0.717) is 22.4 Å². The number of nitrogens with one attached hydrogen (secondary N) is 2. The van der Waals surface area contributed by atoms with Crippen LogP contribution in [-0.2, 0) is 16.8 Å². The summed E-state index contributed by atoms with van der Waals surface area (Å²) in [4.78, 5) is 24.6. The Balaban J connectivity index is 1.65. The normalized spacial score (nSPS) is 11.2. The third kappa shape index (κ3) is 5.83. The molecule has 31 heavy (non-hydrogen) atoms. The van der Waals surface area contributed by atoms with E-state index in [0.717, 1.165) is 5.56 Å². The molecule has 0 unspecified atom stereocenters. The minimum absolute atomic E-state index is 0.0701. The van der Waals surface area contributed by atoms with Gasteiger partial charge in [-0.3, -0.25) is 25.0 Å². The molecule has 2 N–H and O–H groups in total. The topological polar surface area (TPSA) is 88.9 Å². The van der Waals surface area contributed by atoms with Crippen molar-refractivity contribution in [2.75, 3.05) is 5.75 Å². The SMILES string of the molecule is C=CCn1c(SCC(=O)NNC(=O)c2cccs2)nnc1-c1ccc(C(C)(C)C)cc1. The summed E-state index contributed by atoms with van der Waals surface area (Å²) in [5, 5.41) is 11.0. The Morgan fingerprint density at radius 3 is 2.52 bits per heavy atom. The fraction of sp³-hybridized carbons (Fsp3) is 0.273. The van der Waals surface area contributed by atoms with E-state index in [1.165, 1.54) is 28.7 Å². The maximum atomic E-state index is 12.1. The highest BCUT2D eigenvalue weighted by molar-refractivity contribution is 7.99. The average molecular weight is 456 g/mol. The molecule has 0 aliphatic carbocycles. The standard InChI is InChI=1S/C22H25N5O2S2/c1-5-12-27-19(15-8-10-16(11-9-15)22(2,3)4)24-26-21(27)31-14-18(28)23-25-20(29)17-7-6-13-30-17/h5-11,13H,1,12,14H2,2-4H3,(H,23,28)(H,25,29). The third-order valence-electron chi connectivity index (χ3n) is 4.43. The van der Waals surface area contributed by atoms with Gasteiger partial charge in [0.05, 0.1) is 10.6 Å². The number of carbonyl (C=O) groups is 2. The molecule has 2 amide bonds. The van der Waals surface area contributed by atoms with Crippen LogP contribution in [0.4, 0.5) is 0 Å². The molecule has 0 saturated heterocycles. The number of hydrogen-bond donors (Lipinski definition) is 2. The van der Waals surface area contributed by atoms with Gasteiger partial charge < -0.3 is 0 Å². The summed E-state index contributed by atoms with van der Waals surface area (Å²) < 4.78 is 1.92. The van der Waals surface area contributed by atoms with Crippen LogP contribution in [0, 0.1) is 0 Å². The van der Waals surface area contributed by atoms with E-state index in [2.05, 4.69) is 60.5 Å². The first-order chi connectivity index (χ1) is 14.8. The first kappa shape index (κ1) is 22.8. The largest absolute Gasteiger partial charge is 0.298 e. The second kappa shape index (κ2) is 9.93. The molecule has 3 rings (SSSR count). The second-order valence-electron chi connectivity index (χ2n) is 7.80. The van der Waals surface area contributed by atoms with Gasteiger partial charge >= 0.3 is 0 Å². The van der Waals surface area contributed by atoms with Gasteiger partial charge in [0.25, 0.3) is 5.91 Å². The number of hydrazine groups is 1. The molecule has 2 aromatic heterocycles. The van der Waals surface area contributed by atoms with Crippen LogP contribution >= 0.6 is 23.1 Å². The van der Waals surface area contributed by atoms with Gasteiger partial charge in [0.2, 0.25) is 5.91 Å². The van der Waals surface area contributed by atoms with Crippen LogP contribution in [0.5, 0.6) is 0 Å². The van der Waals surface area contributed by atoms with Crippen molar-refractivity contribution in [1.29, 1.82) is 0 Å². The smallest absolute Gasteiger partial charge is 0.279 e. The Morgan fingerprint density at radius 1 is 1.16 bits per heavy atom. The van der Waals surface area contributed by atoms with Crippen LogP contribution in [0.15, 0.2) is 59.6 Å². The third-order valence-corrected chi connectivity index (χ3v) is 6.27. The quantitative estimate of drug-likeness (QED) is 0.319. The number of allylic oxidation sites excluding steroid dienone is 1. The molecular weight excluding hydrogens is 430 g/mol. The van der Waals surface area contributed by atoms with E-state index in [-0.39, 0.29) is 23.0 Å². The Bertz CT molecular complexity index is 1050. The highest BCUT2D eigenvalue weighted by atomic mass is 32.2. The van der Waals surface area contributed by atoms with Crippen molar-refractivity contribution >= 4 is 34.9 Å². The summed E-state index contributed by atoms with van der Waals surface area (Å²) in [5.74, 6) is 0.126. The summed E-state index contributed by atoms with van der Waals surface area (Å²) in [5.41, 5.74) is 7.08. The molecule has 7 nitrogen and oxygen atoms in total. The first-order valence-corrected chi connectivity index (χ1v) is 11.6. The minimum Gasteiger partial charge on any atom is -0.298 e. The minimum atomic E-state index is -0.343. The van der Waals surface area contributed by atoms with Crippen LogP contribution in [0.25, 0.3) is 11.4 Å². The highest BCUT2D eigenvalue weighted by Crippen LogP contribution is 2.27. The monoisotopic (exact) mass is 455 g/mol. The Kier molecular flexibility index (Phi) is 7.29. The predicted molar refractivity (Wildman–Crippen MR) is 125 cm³/mol. The molecule has 0 atom stereocenters. The molecule has 0 spiro atoms. The molecule has 0 saturated carbocycles. The van der Waals surface area contributed by atoms with Gasteiger partial charge in [-0.1, -0.05) is 68.9 Å². The number of carbonyl (C=O) groups excluding carboxylic acids is 2. The summed E-state index contributed by atoms with van der Waals surface area (Å²) in [7, 11) is 0. The zero-order valence-corrected chi connectivity index (χ0v) is 19.3. The van der Waals surface area contributed by atoms with Crippen LogP contribution in [0.3, 0.4) is 0 Å². The number of hydrogen-bond acceptors (Lipinski definition) is 6. The van der Waals surface area contributed by atoms with Gasteiger partial charge in [0.15, 0.2) is 11.0 Å². The molecule has 0 radical (unpaired) electrons. The van der Waals surface area contributed by atoms with E-state index in [4.69, 9.17) is 0 Å². The molecular formula is C22H25N5O2S2. The number of rotatable bonds is 7. The Hall–Kier alpha value is -2.91. The van der Waals surface area contributed by atoms with Crippen LogP contribution in [0.1, 0.15) is 36.0 Å². The van der Waals surface area contributed by atoms with E-state index in [9.17, 15) is 9.59 Å². The lowest BCUT2D eigenvalue weighted by atomic mass is 9.87. The van der Waals surface area contributed by atoms with Gasteiger partial charge in [-0.15, -0.1) is 28.1 Å². The van der Waals surface area contributed by atoms with Crippen molar-refractivity contribution in [2.45, 2.75) is 37.9 Å². The zero-order valence-electron chi connectivity index (χ0n) is 17.7. The summed E-state index contributed by atoms with van der Waals surface area (Å²) >= 11 is 2.55. The van der Waals surface area contributed by atoms with Crippen LogP contribution in [0.2, 0.25) is 0 Å². The van der Waals surface area contributed by atoms with Crippen molar-refractivity contribution in [3.63, 3.8) is 0 Å². The maximum Gasteiger partial charge on any atom is 0.279 e. The van der Waals surface area contributed by atoms with Crippen LogP contribution in [-0.4, -0.2) is 32.3 Å². The second-order valence-corrected chi connectivity index (χ2v) is 9.69. The van der Waals surface area contributed by atoms with Gasteiger partial charge in [-0.25, -0.2) is 0 Å². The Labute approximate surface area is 189 Å². The number of amides is 2. The molecule has 3 aromatic rings. The van der Waals surface area contributed by atoms with Gasteiger partial charge in [0, 0.05) is 12.1 Å². The number of nitrogens with zero attached hydrogens (tertiary/aromatic N) is 3. The van der Waals surface area contributed by atoms with Gasteiger partial charge in [-0.2, -0.15) is 0 Å². The van der Waals surface area contributed by atoms with E-state index in [1.807, 2.05) is 16.7 Å². The van der Waals surface area contributed by atoms with Crippen molar-refractivity contribution < 1.29 is 9.59 Å². The summed E-state index contributed by atoms with van der Waals surface area (Å²) in [6.07, 6.45) is 1.77. The highest BCUT2D eigenvalue weighted by Gasteiger charge is 2.17. The average Bonchev–Trinajstić information content (AvgIpc) is 3.41. The van der Waals surface area contributed by atoms with Crippen molar-refractivity contribution in [2.24, 2.45) is 0 Å². The first-order valence-electron chi connectivity index (χ1n) is 9.70. The Morgan fingerprint density at radius 2 is 1.90 bits per heavy atom. The molecule has 9 heteroatoms. The molecule has 0 aliphatic heterocycles. The lowest BCUT2D eigenvalue weighted by molar-refractivity contribution is -0.119. The van der Waals surface area contributed by atoms with Crippen molar-refractivity contribution in [3.05, 3.63) is 64.9 Å². The van der Waals surface area contributed by atoms with Crippen molar-refractivity contribution in [3.8, 4) is 11.4 Å². The molecule has 162 valence electrons. The van der Waals surface area contributed by atoms with Gasteiger partial charge in [0.1, 0.15) is 0 Å². The summed E-state index contributed by atoms with van der Waals surface area (Å²) in [6.45, 7) is 10.8. The molecule has 2 heterocycles. The fourth-order valence-corrected chi connectivity index (χ4v) is 4.15. The van der Waals surface area contributed by atoms with Crippen molar-refractivity contribution in [1.82, 2.24) is 25.6 Å². The number of thiophene rings is 1. The predicted octanol–water partition coefficient (Wildman–Crippen LogP) is 4.04. The zero-order chi connectivity index (χ0) is 22.4. The fourth-order valence-electron chi connectivity index (χ4n) is 2.78. The van der Waals surface area contributed by atoms with E-state index in [1.54, 1.807) is 23.6 Å². The van der Waals surface area contributed by atoms with Crippen LogP contribution < -0.4 is 10.9 Å². The van der Waals surface area contributed by atoms with Gasteiger partial charge in [-0.05, 0) is 22.4 Å². The summed E-state index contributed by atoms with van der Waals surface area (Å²) in [6, 6.07) is 11.7. The number of benzene rings is 1. The lowest BCUT2D eigenvalue weighted by Crippen LogP contribution is -2.42. The number of thioether (sulfide) groups is 1.